The summed E-state index contributed by atoms with van der Waals surface area (Å²) >= 11 is 0. The van der Waals surface area contributed by atoms with Crippen molar-refractivity contribution >= 4 is 15.9 Å². The summed E-state index contributed by atoms with van der Waals surface area (Å²) in [5.74, 6) is -0.301. The lowest BCUT2D eigenvalue weighted by Gasteiger charge is -2.29. The number of benzene rings is 2. The molecule has 1 N–H and O–H groups in total. The molecule has 0 unspecified atom stereocenters. The summed E-state index contributed by atoms with van der Waals surface area (Å²) in [7, 11) is -3.64. The van der Waals surface area contributed by atoms with Crippen LogP contribution < -0.4 is 5.32 Å². The Kier molecular flexibility index (Phi) is 6.15. The van der Waals surface area contributed by atoms with Crippen LogP contribution in [0.15, 0.2) is 47.4 Å². The molecule has 0 saturated carbocycles. The monoisotopic (exact) mass is 404 g/mol. The van der Waals surface area contributed by atoms with Gasteiger partial charge in [-0.25, -0.2) is 12.8 Å². The van der Waals surface area contributed by atoms with E-state index in [-0.39, 0.29) is 17.0 Å². The molecule has 0 aromatic heterocycles. The molecule has 1 aliphatic rings. The number of halogens is 1. The van der Waals surface area contributed by atoms with Crippen LogP contribution in [-0.2, 0) is 16.6 Å². The van der Waals surface area contributed by atoms with E-state index in [1.54, 1.807) is 31.2 Å². The number of piperidine rings is 1. The van der Waals surface area contributed by atoms with Gasteiger partial charge in [-0.15, -0.1) is 0 Å². The first kappa shape index (κ1) is 20.5. The molecule has 2 aromatic carbocycles. The molecule has 28 heavy (non-hydrogen) atoms. The first-order valence-electron chi connectivity index (χ1n) is 9.41. The summed E-state index contributed by atoms with van der Waals surface area (Å²) in [6.07, 6.45) is 1.67. The molecule has 5 nitrogen and oxygen atoms in total. The number of hydrogen-bond donors (Lipinski definition) is 1. The van der Waals surface area contributed by atoms with Crippen molar-refractivity contribution in [1.29, 1.82) is 0 Å². The van der Waals surface area contributed by atoms with Crippen LogP contribution in [0.2, 0.25) is 0 Å². The molecule has 0 aliphatic carbocycles. The van der Waals surface area contributed by atoms with E-state index in [1.165, 1.54) is 22.5 Å². The van der Waals surface area contributed by atoms with Crippen molar-refractivity contribution < 1.29 is 17.6 Å². The highest BCUT2D eigenvalue weighted by Crippen LogP contribution is 2.25. The number of aryl methyl sites for hydroxylation is 1. The summed E-state index contributed by atoms with van der Waals surface area (Å²) in [5, 5.41) is 2.67. The molecule has 0 spiro atoms. The molecular formula is C21H25FN2O3S. The highest BCUT2D eigenvalue weighted by atomic mass is 32.2. The van der Waals surface area contributed by atoms with Crippen molar-refractivity contribution in [3.05, 3.63) is 65.0 Å². The van der Waals surface area contributed by atoms with Crippen LogP contribution in [-0.4, -0.2) is 31.7 Å². The molecule has 0 atom stereocenters. The first-order chi connectivity index (χ1) is 13.3. The van der Waals surface area contributed by atoms with Gasteiger partial charge >= 0.3 is 0 Å². The van der Waals surface area contributed by atoms with Crippen LogP contribution in [0.4, 0.5) is 4.39 Å². The van der Waals surface area contributed by atoms with Crippen LogP contribution in [0.25, 0.3) is 0 Å². The second-order valence-electron chi connectivity index (χ2n) is 7.34. The van der Waals surface area contributed by atoms with Gasteiger partial charge in [-0.2, -0.15) is 4.31 Å². The van der Waals surface area contributed by atoms with Crippen molar-refractivity contribution in [2.24, 2.45) is 5.92 Å². The van der Waals surface area contributed by atoms with Gasteiger partial charge in [-0.05, 0) is 49.4 Å². The molecule has 3 rings (SSSR count). The number of carbonyl (C=O) groups excluding carboxylic acids is 1. The van der Waals surface area contributed by atoms with Crippen LogP contribution in [0.5, 0.6) is 0 Å². The average molecular weight is 405 g/mol. The normalized spacial score (nSPS) is 16.1. The fourth-order valence-electron chi connectivity index (χ4n) is 3.29. The van der Waals surface area contributed by atoms with E-state index in [4.69, 9.17) is 0 Å². The number of nitrogens with zero attached hydrogens (tertiary/aromatic N) is 1. The summed E-state index contributed by atoms with van der Waals surface area (Å²) in [6, 6.07) is 10.8. The van der Waals surface area contributed by atoms with Gasteiger partial charge in [0.15, 0.2) is 0 Å². The fourth-order valence-corrected chi connectivity index (χ4v) is 4.79. The second-order valence-corrected chi connectivity index (χ2v) is 9.28. The molecule has 2 aromatic rings. The summed E-state index contributed by atoms with van der Waals surface area (Å²) < 4.78 is 41.1. The van der Waals surface area contributed by atoms with E-state index in [1.807, 2.05) is 0 Å². The van der Waals surface area contributed by atoms with E-state index in [9.17, 15) is 17.6 Å². The van der Waals surface area contributed by atoms with Crippen molar-refractivity contribution in [3.63, 3.8) is 0 Å². The molecule has 1 saturated heterocycles. The minimum atomic E-state index is -3.64. The van der Waals surface area contributed by atoms with E-state index in [2.05, 4.69) is 12.2 Å². The van der Waals surface area contributed by atoms with Crippen LogP contribution >= 0.6 is 0 Å². The largest absolute Gasteiger partial charge is 0.348 e. The number of hydrogen-bond acceptors (Lipinski definition) is 3. The average Bonchev–Trinajstić information content (AvgIpc) is 2.67. The minimum absolute atomic E-state index is 0.0337. The van der Waals surface area contributed by atoms with Gasteiger partial charge in [-0.3, -0.25) is 4.79 Å². The maximum atomic E-state index is 13.7. The Morgan fingerprint density at radius 1 is 1.18 bits per heavy atom. The highest BCUT2D eigenvalue weighted by molar-refractivity contribution is 7.89. The van der Waals surface area contributed by atoms with E-state index < -0.39 is 21.7 Å². The molecular weight excluding hydrogens is 379 g/mol. The van der Waals surface area contributed by atoms with Crippen molar-refractivity contribution in [2.45, 2.75) is 38.1 Å². The third-order valence-electron chi connectivity index (χ3n) is 5.23. The zero-order chi connectivity index (χ0) is 20.3. The lowest BCUT2D eigenvalue weighted by atomic mass is 10.0. The maximum Gasteiger partial charge on any atom is 0.251 e. The number of carbonyl (C=O) groups is 1. The standard InChI is InChI=1S/C21H25FN2O3S/c1-15-9-11-24(12-10-15)28(26,27)18-8-7-16(2)19(13-18)21(25)23-14-17-5-3-4-6-20(17)22/h3-8,13,15H,9-12,14H2,1-2H3,(H,23,25). The van der Waals surface area contributed by atoms with Gasteiger partial charge in [0.1, 0.15) is 5.82 Å². The third-order valence-corrected chi connectivity index (χ3v) is 7.13. The summed E-state index contributed by atoms with van der Waals surface area (Å²) in [5.41, 5.74) is 1.32. The zero-order valence-corrected chi connectivity index (χ0v) is 16.9. The summed E-state index contributed by atoms with van der Waals surface area (Å²) in [6.45, 7) is 4.88. The molecule has 0 bridgehead atoms. The Hall–Kier alpha value is -2.25. The molecule has 150 valence electrons. The van der Waals surface area contributed by atoms with Crippen LogP contribution in [0.3, 0.4) is 0 Å². The first-order valence-corrected chi connectivity index (χ1v) is 10.9. The van der Waals surface area contributed by atoms with Crippen molar-refractivity contribution in [3.8, 4) is 0 Å². The quantitative estimate of drug-likeness (QED) is 0.830. The fraction of sp³-hybridized carbons (Fsp3) is 0.381. The predicted molar refractivity (Wildman–Crippen MR) is 106 cm³/mol. The molecule has 1 heterocycles. The molecule has 0 radical (unpaired) electrons. The Morgan fingerprint density at radius 2 is 1.86 bits per heavy atom. The number of rotatable bonds is 5. The van der Waals surface area contributed by atoms with Gasteiger partial charge in [0.2, 0.25) is 10.0 Å². The Morgan fingerprint density at radius 3 is 2.54 bits per heavy atom. The van der Waals surface area contributed by atoms with Gasteiger partial charge in [-0.1, -0.05) is 31.2 Å². The smallest absolute Gasteiger partial charge is 0.251 e. The predicted octanol–water partition coefficient (Wildman–Crippen LogP) is 3.48. The third kappa shape index (κ3) is 4.42. The highest BCUT2D eigenvalue weighted by Gasteiger charge is 2.28. The summed E-state index contributed by atoms with van der Waals surface area (Å²) in [4.78, 5) is 12.7. The van der Waals surface area contributed by atoms with E-state index in [0.29, 0.717) is 30.1 Å². The van der Waals surface area contributed by atoms with Crippen LogP contribution in [0, 0.1) is 18.7 Å². The van der Waals surface area contributed by atoms with Crippen molar-refractivity contribution in [1.82, 2.24) is 9.62 Å². The van der Waals surface area contributed by atoms with Crippen LogP contribution in [0.1, 0.15) is 41.3 Å². The second kappa shape index (κ2) is 8.41. The Balaban J connectivity index is 1.79. The lowest BCUT2D eigenvalue weighted by Crippen LogP contribution is -2.38. The van der Waals surface area contributed by atoms with Gasteiger partial charge in [0, 0.05) is 30.8 Å². The topological polar surface area (TPSA) is 66.5 Å². The molecule has 1 aliphatic heterocycles. The number of amides is 1. The molecule has 1 amide bonds. The maximum absolute atomic E-state index is 13.7. The zero-order valence-electron chi connectivity index (χ0n) is 16.1. The van der Waals surface area contributed by atoms with Gasteiger partial charge in [0.05, 0.1) is 4.90 Å². The lowest BCUT2D eigenvalue weighted by molar-refractivity contribution is 0.0949. The SMILES string of the molecule is Cc1ccc(S(=O)(=O)N2CCC(C)CC2)cc1C(=O)NCc1ccccc1F. The number of nitrogens with one attached hydrogen (secondary N) is 1. The molecule has 1 fully saturated rings. The van der Waals surface area contributed by atoms with Gasteiger partial charge < -0.3 is 5.32 Å². The van der Waals surface area contributed by atoms with E-state index in [0.717, 1.165) is 12.8 Å². The minimum Gasteiger partial charge on any atom is -0.348 e. The Labute approximate surface area is 165 Å². The van der Waals surface area contributed by atoms with E-state index >= 15 is 0 Å². The van der Waals surface area contributed by atoms with Gasteiger partial charge in [0.25, 0.3) is 5.91 Å². The number of sulfonamides is 1. The molecule has 7 heteroatoms. The Bertz CT molecular complexity index is 967. The van der Waals surface area contributed by atoms with Crippen molar-refractivity contribution in [2.75, 3.05) is 13.1 Å².